The van der Waals surface area contributed by atoms with Crippen molar-refractivity contribution in [2.24, 2.45) is 7.05 Å². The third-order valence-electron chi connectivity index (χ3n) is 5.30. The number of pyridine rings is 1. The average Bonchev–Trinajstić information content (AvgIpc) is 3.00. The van der Waals surface area contributed by atoms with Gasteiger partial charge in [-0.05, 0) is 54.3 Å². The standard InChI is InChI=1S/C23H24N4O2/c1-15-4-7-20-19(10-15)18(13-26(20)2)14-27(3)22(29)9-5-16-11-17-6-8-21(28)25-23(17)24-12-16/h4-5,7,9-13H,6,8,14H2,1-3H3,(H,24,25,28). The van der Waals surface area contributed by atoms with Gasteiger partial charge >= 0.3 is 0 Å². The van der Waals surface area contributed by atoms with E-state index in [4.69, 9.17) is 0 Å². The number of nitrogens with one attached hydrogen (secondary N) is 1. The molecule has 0 aliphatic carbocycles. The summed E-state index contributed by atoms with van der Waals surface area (Å²) in [7, 11) is 3.83. The maximum atomic E-state index is 12.6. The molecule has 0 unspecified atom stereocenters. The number of carbonyl (C=O) groups is 2. The van der Waals surface area contributed by atoms with Crippen molar-refractivity contribution in [3.8, 4) is 0 Å². The smallest absolute Gasteiger partial charge is 0.246 e. The van der Waals surface area contributed by atoms with Crippen molar-refractivity contribution in [1.82, 2.24) is 14.5 Å². The van der Waals surface area contributed by atoms with Gasteiger partial charge in [-0.1, -0.05) is 11.6 Å². The van der Waals surface area contributed by atoms with Crippen molar-refractivity contribution in [2.75, 3.05) is 12.4 Å². The lowest BCUT2D eigenvalue weighted by Crippen LogP contribution is -2.24. The Morgan fingerprint density at radius 3 is 2.97 bits per heavy atom. The summed E-state index contributed by atoms with van der Waals surface area (Å²) in [6, 6.07) is 8.35. The predicted molar refractivity (Wildman–Crippen MR) is 114 cm³/mol. The van der Waals surface area contributed by atoms with Crippen molar-refractivity contribution in [3.05, 3.63) is 65.0 Å². The highest BCUT2D eigenvalue weighted by Crippen LogP contribution is 2.24. The molecule has 3 heterocycles. The lowest BCUT2D eigenvalue weighted by Gasteiger charge is -2.16. The highest BCUT2D eigenvalue weighted by Gasteiger charge is 2.16. The average molecular weight is 388 g/mol. The second-order valence-electron chi connectivity index (χ2n) is 7.64. The van der Waals surface area contributed by atoms with Gasteiger partial charge in [0.15, 0.2) is 0 Å². The fourth-order valence-electron chi connectivity index (χ4n) is 3.71. The minimum absolute atomic E-state index is 0.00581. The van der Waals surface area contributed by atoms with Crippen LogP contribution in [-0.2, 0) is 29.6 Å². The number of aromatic nitrogens is 2. The Kier molecular flexibility index (Phi) is 4.92. The molecule has 2 amide bonds. The summed E-state index contributed by atoms with van der Waals surface area (Å²) in [5.41, 5.74) is 5.34. The Labute approximate surface area is 169 Å². The van der Waals surface area contributed by atoms with Gasteiger partial charge in [0.25, 0.3) is 0 Å². The van der Waals surface area contributed by atoms with Crippen LogP contribution in [0.15, 0.2) is 42.7 Å². The van der Waals surface area contributed by atoms with Gasteiger partial charge in [-0.25, -0.2) is 4.98 Å². The Morgan fingerprint density at radius 2 is 2.14 bits per heavy atom. The molecule has 1 aliphatic rings. The van der Waals surface area contributed by atoms with Crippen LogP contribution in [0.4, 0.5) is 5.82 Å². The van der Waals surface area contributed by atoms with Crippen LogP contribution in [0, 0.1) is 6.92 Å². The van der Waals surface area contributed by atoms with Gasteiger partial charge in [0.05, 0.1) is 0 Å². The highest BCUT2D eigenvalue weighted by atomic mass is 16.2. The van der Waals surface area contributed by atoms with E-state index in [1.54, 1.807) is 23.2 Å². The van der Waals surface area contributed by atoms with Crippen molar-refractivity contribution in [1.29, 1.82) is 0 Å². The van der Waals surface area contributed by atoms with Crippen LogP contribution in [0.3, 0.4) is 0 Å². The number of nitrogens with zero attached hydrogens (tertiary/aromatic N) is 3. The van der Waals surface area contributed by atoms with E-state index in [2.05, 4.69) is 46.2 Å². The van der Waals surface area contributed by atoms with Crippen LogP contribution in [0.25, 0.3) is 17.0 Å². The maximum Gasteiger partial charge on any atom is 0.246 e. The van der Waals surface area contributed by atoms with Crippen LogP contribution >= 0.6 is 0 Å². The molecule has 0 fully saturated rings. The molecule has 0 bridgehead atoms. The molecular weight excluding hydrogens is 364 g/mol. The largest absolute Gasteiger partial charge is 0.350 e. The Hall–Kier alpha value is -3.41. The van der Waals surface area contributed by atoms with Gasteiger partial charge in [0.2, 0.25) is 11.8 Å². The molecular formula is C23H24N4O2. The van der Waals surface area contributed by atoms with Crippen LogP contribution in [-0.4, -0.2) is 33.3 Å². The van der Waals surface area contributed by atoms with Crippen LogP contribution < -0.4 is 5.32 Å². The predicted octanol–water partition coefficient (Wildman–Crippen LogP) is 3.44. The molecule has 1 N–H and O–H groups in total. The molecule has 148 valence electrons. The molecule has 0 atom stereocenters. The lowest BCUT2D eigenvalue weighted by molar-refractivity contribution is -0.125. The van der Waals surface area contributed by atoms with Crippen LogP contribution in [0.5, 0.6) is 0 Å². The van der Waals surface area contributed by atoms with Gasteiger partial charge in [-0.2, -0.15) is 0 Å². The number of fused-ring (bicyclic) bond motifs is 2. The first-order chi connectivity index (χ1) is 13.9. The first kappa shape index (κ1) is 18.9. The molecule has 1 aliphatic heterocycles. The molecule has 4 rings (SSSR count). The molecule has 6 nitrogen and oxygen atoms in total. The number of hydrogen-bond acceptors (Lipinski definition) is 3. The number of benzene rings is 1. The normalized spacial score (nSPS) is 13.6. The summed E-state index contributed by atoms with van der Waals surface area (Å²) in [6.45, 7) is 2.62. The Morgan fingerprint density at radius 1 is 1.31 bits per heavy atom. The minimum Gasteiger partial charge on any atom is -0.350 e. The molecule has 29 heavy (non-hydrogen) atoms. The second-order valence-corrected chi connectivity index (χ2v) is 7.64. The molecule has 0 spiro atoms. The number of likely N-dealkylation sites (N-methyl/N-ethyl adjacent to an activating group) is 1. The van der Waals surface area contributed by atoms with Crippen molar-refractivity contribution in [3.63, 3.8) is 0 Å². The van der Waals surface area contributed by atoms with Crippen LogP contribution in [0.1, 0.15) is 28.7 Å². The molecule has 0 saturated carbocycles. The van der Waals surface area contributed by atoms with E-state index in [0.717, 1.165) is 22.2 Å². The molecule has 0 saturated heterocycles. The lowest BCUT2D eigenvalue weighted by atomic mass is 10.0. The minimum atomic E-state index is -0.0688. The van der Waals surface area contributed by atoms with E-state index >= 15 is 0 Å². The second kappa shape index (κ2) is 7.54. The summed E-state index contributed by atoms with van der Waals surface area (Å²) < 4.78 is 2.09. The summed E-state index contributed by atoms with van der Waals surface area (Å²) in [4.78, 5) is 30.1. The zero-order chi connectivity index (χ0) is 20.5. The topological polar surface area (TPSA) is 67.2 Å². The van der Waals surface area contributed by atoms with E-state index in [1.165, 1.54) is 10.9 Å². The molecule has 0 radical (unpaired) electrons. The van der Waals surface area contributed by atoms with Crippen molar-refractivity contribution < 1.29 is 9.59 Å². The fraction of sp³-hybridized carbons (Fsp3) is 0.261. The third kappa shape index (κ3) is 3.92. The summed E-state index contributed by atoms with van der Waals surface area (Å²) >= 11 is 0. The third-order valence-corrected chi connectivity index (χ3v) is 5.30. The van der Waals surface area contributed by atoms with Gasteiger partial charge < -0.3 is 14.8 Å². The zero-order valence-electron chi connectivity index (χ0n) is 16.9. The van der Waals surface area contributed by atoms with Gasteiger partial charge in [0, 0.05) is 56.4 Å². The zero-order valence-corrected chi connectivity index (χ0v) is 16.9. The number of amides is 2. The SMILES string of the molecule is Cc1ccc2c(c1)c(CN(C)C(=O)C=Cc1cnc3c(c1)CCC(=O)N3)cn2C. The van der Waals surface area contributed by atoms with E-state index in [-0.39, 0.29) is 11.8 Å². The number of aryl methyl sites for hydroxylation is 3. The molecule has 2 aromatic heterocycles. The van der Waals surface area contributed by atoms with Crippen molar-refractivity contribution >= 4 is 34.6 Å². The fourth-order valence-corrected chi connectivity index (χ4v) is 3.71. The quantitative estimate of drug-likeness (QED) is 0.696. The number of carbonyl (C=O) groups excluding carboxylic acids is 2. The molecule has 6 heteroatoms. The first-order valence-electron chi connectivity index (χ1n) is 9.67. The molecule has 1 aromatic carbocycles. The maximum absolute atomic E-state index is 12.6. The summed E-state index contributed by atoms with van der Waals surface area (Å²) in [5.74, 6) is 0.544. The number of hydrogen-bond donors (Lipinski definition) is 1. The van der Waals surface area contributed by atoms with E-state index in [1.807, 2.05) is 20.2 Å². The van der Waals surface area contributed by atoms with Gasteiger partial charge in [-0.3, -0.25) is 9.59 Å². The Bertz CT molecular complexity index is 1140. The summed E-state index contributed by atoms with van der Waals surface area (Å²) in [5, 5.41) is 3.94. The summed E-state index contributed by atoms with van der Waals surface area (Å²) in [6.07, 6.45) is 8.23. The van der Waals surface area contributed by atoms with E-state index < -0.39 is 0 Å². The van der Waals surface area contributed by atoms with Gasteiger partial charge in [0.1, 0.15) is 5.82 Å². The molecule has 3 aromatic rings. The monoisotopic (exact) mass is 388 g/mol. The first-order valence-corrected chi connectivity index (χ1v) is 9.67. The number of anilines is 1. The Balaban J connectivity index is 1.48. The highest BCUT2D eigenvalue weighted by molar-refractivity contribution is 5.94. The van der Waals surface area contributed by atoms with Crippen molar-refractivity contribution in [2.45, 2.75) is 26.3 Å². The van der Waals surface area contributed by atoms with Gasteiger partial charge in [-0.15, -0.1) is 0 Å². The van der Waals surface area contributed by atoms with Crippen LogP contribution in [0.2, 0.25) is 0 Å². The van der Waals surface area contributed by atoms with E-state index in [0.29, 0.717) is 25.2 Å². The number of rotatable bonds is 4. The van der Waals surface area contributed by atoms with E-state index in [9.17, 15) is 9.59 Å².